The number of thioether (sulfide) groups is 1. The van der Waals surface area contributed by atoms with E-state index in [1.165, 1.54) is 10.5 Å². The second kappa shape index (κ2) is 9.40. The van der Waals surface area contributed by atoms with E-state index in [0.717, 1.165) is 25.3 Å². The monoisotopic (exact) mass is 281 g/mol. The quantitative estimate of drug-likeness (QED) is 0.694. The lowest BCUT2D eigenvalue weighted by molar-refractivity contribution is 0.0655. The van der Waals surface area contributed by atoms with Crippen molar-refractivity contribution < 1.29 is 4.74 Å². The number of benzene rings is 1. The first-order valence-corrected chi connectivity index (χ1v) is 8.15. The Kier molecular flexibility index (Phi) is 8.19. The summed E-state index contributed by atoms with van der Waals surface area (Å²) in [5.41, 5.74) is 1.35. The molecule has 0 aliphatic carbocycles. The van der Waals surface area contributed by atoms with Gasteiger partial charge in [0.1, 0.15) is 0 Å². The maximum Gasteiger partial charge on any atom is 0.0631 e. The lowest BCUT2D eigenvalue weighted by Crippen LogP contribution is -2.37. The van der Waals surface area contributed by atoms with E-state index < -0.39 is 0 Å². The van der Waals surface area contributed by atoms with E-state index in [9.17, 15) is 0 Å². The molecule has 0 spiro atoms. The molecule has 0 radical (unpaired) electrons. The number of nitrogens with one attached hydrogen (secondary N) is 1. The molecule has 0 fully saturated rings. The summed E-state index contributed by atoms with van der Waals surface area (Å²) in [4.78, 5) is 1.37. The molecule has 0 bridgehead atoms. The minimum Gasteiger partial charge on any atom is -0.377 e. The van der Waals surface area contributed by atoms with Gasteiger partial charge in [-0.25, -0.2) is 0 Å². The maximum atomic E-state index is 5.74. The Hall–Kier alpha value is -0.510. The number of hydrogen-bond donors (Lipinski definition) is 1. The summed E-state index contributed by atoms with van der Waals surface area (Å²) in [6.45, 7) is 10.4. The summed E-state index contributed by atoms with van der Waals surface area (Å²) in [6, 6.07) is 8.98. The molecule has 1 aromatic carbocycles. The Balaban J connectivity index is 2.45. The van der Waals surface area contributed by atoms with Crippen LogP contribution >= 0.6 is 11.8 Å². The first-order valence-electron chi connectivity index (χ1n) is 7.17. The van der Waals surface area contributed by atoms with Crippen LogP contribution in [0.4, 0.5) is 0 Å². The molecule has 2 nitrogen and oxygen atoms in total. The lowest BCUT2D eigenvalue weighted by atomic mass is 10.2. The molecule has 0 heterocycles. The second-order valence-corrected chi connectivity index (χ2v) is 6.17. The minimum absolute atomic E-state index is 0.300. The molecule has 0 aliphatic rings. The van der Waals surface area contributed by atoms with Gasteiger partial charge in [0.25, 0.3) is 0 Å². The van der Waals surface area contributed by atoms with Crippen molar-refractivity contribution in [2.24, 2.45) is 0 Å². The molecule has 1 atom stereocenters. The third kappa shape index (κ3) is 7.00. The van der Waals surface area contributed by atoms with Crippen molar-refractivity contribution >= 4 is 11.8 Å². The van der Waals surface area contributed by atoms with Gasteiger partial charge in [0.15, 0.2) is 0 Å². The fraction of sp³-hybridized carbons (Fsp3) is 0.625. The van der Waals surface area contributed by atoms with Crippen LogP contribution in [0.5, 0.6) is 0 Å². The van der Waals surface area contributed by atoms with Crippen LogP contribution in [0.15, 0.2) is 29.2 Å². The molecule has 1 N–H and O–H groups in total. The number of rotatable bonds is 9. The smallest absolute Gasteiger partial charge is 0.0631 e. The number of ether oxygens (including phenoxy) is 1. The SMILES string of the molecule is CCCNC(COC(C)C)CSc1ccccc1C. The van der Waals surface area contributed by atoms with Gasteiger partial charge in [-0.05, 0) is 45.4 Å². The molecule has 108 valence electrons. The number of hydrogen-bond acceptors (Lipinski definition) is 3. The Bertz CT molecular complexity index is 354. The van der Waals surface area contributed by atoms with Crippen molar-refractivity contribution in [1.29, 1.82) is 0 Å². The largest absolute Gasteiger partial charge is 0.377 e. The average molecular weight is 281 g/mol. The van der Waals surface area contributed by atoms with Crippen LogP contribution in [-0.4, -0.2) is 31.1 Å². The maximum absolute atomic E-state index is 5.74. The van der Waals surface area contributed by atoms with E-state index in [1.807, 2.05) is 11.8 Å². The predicted octanol–water partition coefficient (Wildman–Crippen LogP) is 3.88. The van der Waals surface area contributed by atoms with Gasteiger partial charge in [-0.15, -0.1) is 11.8 Å². The first-order chi connectivity index (χ1) is 9.13. The standard InChI is InChI=1S/C16H27NOS/c1-5-10-17-15(11-18-13(2)3)12-19-16-9-7-6-8-14(16)4/h6-9,13,15,17H,5,10-12H2,1-4H3. The molecular formula is C16H27NOS. The topological polar surface area (TPSA) is 21.3 Å². The Labute approximate surface area is 122 Å². The van der Waals surface area contributed by atoms with Gasteiger partial charge in [-0.1, -0.05) is 25.1 Å². The molecule has 0 saturated carbocycles. The molecular weight excluding hydrogens is 254 g/mol. The molecule has 19 heavy (non-hydrogen) atoms. The Morgan fingerprint density at radius 3 is 2.63 bits per heavy atom. The van der Waals surface area contributed by atoms with E-state index in [0.29, 0.717) is 12.1 Å². The van der Waals surface area contributed by atoms with Crippen molar-refractivity contribution in [2.45, 2.75) is 51.2 Å². The fourth-order valence-electron chi connectivity index (χ4n) is 1.73. The van der Waals surface area contributed by atoms with Crippen LogP contribution in [0.3, 0.4) is 0 Å². The zero-order valence-electron chi connectivity index (χ0n) is 12.6. The van der Waals surface area contributed by atoms with Crippen molar-refractivity contribution in [3.8, 4) is 0 Å². The highest BCUT2D eigenvalue weighted by Gasteiger charge is 2.10. The summed E-state index contributed by atoms with van der Waals surface area (Å²) in [5, 5.41) is 3.57. The molecule has 0 saturated heterocycles. The normalized spacial score (nSPS) is 12.9. The van der Waals surface area contributed by atoms with Crippen molar-refractivity contribution in [3.63, 3.8) is 0 Å². The highest BCUT2D eigenvalue weighted by atomic mass is 32.2. The van der Waals surface area contributed by atoms with Crippen LogP contribution in [0.2, 0.25) is 0 Å². The van der Waals surface area contributed by atoms with Crippen LogP contribution in [-0.2, 0) is 4.74 Å². The summed E-state index contributed by atoms with van der Waals surface area (Å²) < 4.78 is 5.74. The van der Waals surface area contributed by atoms with Crippen molar-refractivity contribution in [2.75, 3.05) is 18.9 Å². The van der Waals surface area contributed by atoms with Gasteiger partial charge in [0, 0.05) is 16.7 Å². The van der Waals surface area contributed by atoms with Gasteiger partial charge in [0.05, 0.1) is 12.7 Å². The molecule has 1 aromatic rings. The highest BCUT2D eigenvalue weighted by molar-refractivity contribution is 7.99. The molecule has 0 aliphatic heterocycles. The van der Waals surface area contributed by atoms with Crippen LogP contribution in [0.25, 0.3) is 0 Å². The van der Waals surface area contributed by atoms with Crippen molar-refractivity contribution in [3.05, 3.63) is 29.8 Å². The fourth-order valence-corrected chi connectivity index (χ4v) is 2.80. The van der Waals surface area contributed by atoms with Crippen LogP contribution in [0, 0.1) is 6.92 Å². The Morgan fingerprint density at radius 2 is 2.00 bits per heavy atom. The van der Waals surface area contributed by atoms with Gasteiger partial charge < -0.3 is 10.1 Å². The van der Waals surface area contributed by atoms with Crippen LogP contribution < -0.4 is 5.32 Å². The summed E-state index contributed by atoms with van der Waals surface area (Å²) in [5.74, 6) is 1.05. The van der Waals surface area contributed by atoms with Gasteiger partial charge in [0.2, 0.25) is 0 Å². The van der Waals surface area contributed by atoms with E-state index in [4.69, 9.17) is 4.74 Å². The molecule has 1 rings (SSSR count). The molecule has 0 amide bonds. The molecule has 1 unspecified atom stereocenters. The summed E-state index contributed by atoms with van der Waals surface area (Å²) in [6.07, 6.45) is 1.46. The first kappa shape index (κ1) is 16.5. The van der Waals surface area contributed by atoms with Gasteiger partial charge in [-0.3, -0.25) is 0 Å². The van der Waals surface area contributed by atoms with E-state index in [2.05, 4.69) is 57.3 Å². The Morgan fingerprint density at radius 1 is 1.26 bits per heavy atom. The van der Waals surface area contributed by atoms with Crippen molar-refractivity contribution in [1.82, 2.24) is 5.32 Å². The summed E-state index contributed by atoms with van der Waals surface area (Å²) in [7, 11) is 0. The zero-order valence-corrected chi connectivity index (χ0v) is 13.4. The molecule has 0 aromatic heterocycles. The minimum atomic E-state index is 0.300. The summed E-state index contributed by atoms with van der Waals surface area (Å²) >= 11 is 1.91. The average Bonchev–Trinajstić information content (AvgIpc) is 2.39. The van der Waals surface area contributed by atoms with E-state index in [1.54, 1.807) is 0 Å². The zero-order chi connectivity index (χ0) is 14.1. The van der Waals surface area contributed by atoms with E-state index in [-0.39, 0.29) is 0 Å². The van der Waals surface area contributed by atoms with Crippen LogP contribution in [0.1, 0.15) is 32.8 Å². The number of aryl methyl sites for hydroxylation is 1. The highest BCUT2D eigenvalue weighted by Crippen LogP contribution is 2.22. The van der Waals surface area contributed by atoms with Gasteiger partial charge in [-0.2, -0.15) is 0 Å². The molecule has 3 heteroatoms. The third-order valence-electron chi connectivity index (χ3n) is 2.85. The second-order valence-electron chi connectivity index (χ2n) is 5.11. The third-order valence-corrected chi connectivity index (χ3v) is 4.19. The van der Waals surface area contributed by atoms with Gasteiger partial charge >= 0.3 is 0 Å². The lowest BCUT2D eigenvalue weighted by Gasteiger charge is -2.20. The predicted molar refractivity (Wildman–Crippen MR) is 85.1 cm³/mol. The van der Waals surface area contributed by atoms with E-state index >= 15 is 0 Å².